The van der Waals surface area contributed by atoms with Crippen LogP contribution >= 0.6 is 0 Å². The quantitative estimate of drug-likeness (QED) is 0.192. The Bertz CT molecular complexity index is 1040. The zero-order valence-corrected chi connectivity index (χ0v) is 15.5. The lowest BCUT2D eigenvalue weighted by Gasteiger charge is -2.03. The first-order valence-corrected chi connectivity index (χ1v) is 8.88. The Kier molecular flexibility index (Phi) is 6.17. The molecule has 0 heterocycles. The van der Waals surface area contributed by atoms with Gasteiger partial charge in [-0.3, -0.25) is 0 Å². The van der Waals surface area contributed by atoms with E-state index in [4.69, 9.17) is 4.74 Å². The molecule has 0 aromatic heterocycles. The third-order valence-corrected chi connectivity index (χ3v) is 4.10. The summed E-state index contributed by atoms with van der Waals surface area (Å²) in [6, 6.07) is 26.6. The molecule has 3 aromatic carbocycles. The van der Waals surface area contributed by atoms with Crippen molar-refractivity contribution in [1.29, 1.82) is 5.26 Å². The molecule has 3 heteroatoms. The number of nitrogens with zero attached hydrogens (tertiary/aromatic N) is 1. The summed E-state index contributed by atoms with van der Waals surface area (Å²) in [5.74, 6) is 0.0137. The van der Waals surface area contributed by atoms with Gasteiger partial charge in [-0.2, -0.15) is 5.26 Å². The third-order valence-electron chi connectivity index (χ3n) is 4.10. The van der Waals surface area contributed by atoms with Gasteiger partial charge in [0, 0.05) is 6.08 Å². The van der Waals surface area contributed by atoms with Gasteiger partial charge in [-0.15, -0.1) is 0 Å². The smallest absolute Gasteiger partial charge is 0.336 e. The molecule has 0 radical (unpaired) electrons. The summed E-state index contributed by atoms with van der Waals surface area (Å²) in [6.45, 7) is 2.01. The zero-order valence-electron chi connectivity index (χ0n) is 15.5. The SMILES string of the molecule is Cc1ccc(/C=C/C(=O)Oc2ccc(/C=C(/C#N)c3ccccc3)cc2)cc1. The predicted octanol–water partition coefficient (Wildman–Crippen LogP) is 5.68. The number of carbonyl (C=O) groups excluding carboxylic acids is 1. The van der Waals surface area contributed by atoms with Crippen molar-refractivity contribution in [3.05, 3.63) is 107 Å². The van der Waals surface area contributed by atoms with Crippen molar-refractivity contribution in [1.82, 2.24) is 0 Å². The first-order chi connectivity index (χ1) is 13.6. The average Bonchev–Trinajstić information content (AvgIpc) is 2.73. The van der Waals surface area contributed by atoms with E-state index in [0.29, 0.717) is 11.3 Å². The summed E-state index contributed by atoms with van der Waals surface area (Å²) in [5.41, 5.74) is 4.40. The van der Waals surface area contributed by atoms with Crippen LogP contribution in [0.1, 0.15) is 22.3 Å². The van der Waals surface area contributed by atoms with Crippen LogP contribution in [0, 0.1) is 18.3 Å². The number of ether oxygens (including phenoxy) is 1. The Morgan fingerprint density at radius 3 is 2.18 bits per heavy atom. The number of allylic oxidation sites excluding steroid dienone is 1. The zero-order chi connectivity index (χ0) is 19.8. The van der Waals surface area contributed by atoms with Crippen molar-refractivity contribution in [2.45, 2.75) is 6.92 Å². The number of carbonyl (C=O) groups is 1. The number of rotatable bonds is 5. The highest BCUT2D eigenvalue weighted by Gasteiger charge is 2.03. The standard InChI is InChI=1S/C25H19NO2/c1-19-7-9-20(10-8-19)13-16-25(27)28-24-14-11-21(12-15-24)17-23(18-26)22-5-3-2-4-6-22/h2-17H,1H3/b16-13+,23-17-. The molecule has 3 rings (SSSR count). The second-order valence-electron chi connectivity index (χ2n) is 6.27. The lowest BCUT2D eigenvalue weighted by atomic mass is 10.0. The molecule has 0 amide bonds. The molecular formula is C25H19NO2. The maximum atomic E-state index is 12.0. The summed E-state index contributed by atoms with van der Waals surface area (Å²) in [6.07, 6.45) is 4.93. The van der Waals surface area contributed by atoms with Gasteiger partial charge in [0.25, 0.3) is 0 Å². The first kappa shape index (κ1) is 18.9. The maximum absolute atomic E-state index is 12.0. The fourth-order valence-electron chi connectivity index (χ4n) is 2.59. The molecule has 0 unspecified atom stereocenters. The second kappa shape index (κ2) is 9.16. The molecule has 0 aliphatic carbocycles. The largest absolute Gasteiger partial charge is 0.423 e. The van der Waals surface area contributed by atoms with Gasteiger partial charge in [-0.1, -0.05) is 72.3 Å². The Morgan fingerprint density at radius 1 is 0.893 bits per heavy atom. The maximum Gasteiger partial charge on any atom is 0.336 e. The number of nitriles is 1. The van der Waals surface area contributed by atoms with Crippen LogP contribution < -0.4 is 4.74 Å². The molecule has 0 fully saturated rings. The molecule has 3 nitrogen and oxygen atoms in total. The third kappa shape index (κ3) is 5.30. The fourth-order valence-corrected chi connectivity index (χ4v) is 2.59. The summed E-state index contributed by atoms with van der Waals surface area (Å²) in [5, 5.41) is 9.39. The monoisotopic (exact) mass is 365 g/mol. The summed E-state index contributed by atoms with van der Waals surface area (Å²) < 4.78 is 5.32. The topological polar surface area (TPSA) is 50.1 Å². The van der Waals surface area contributed by atoms with Crippen LogP contribution in [-0.2, 0) is 4.79 Å². The predicted molar refractivity (Wildman–Crippen MR) is 112 cm³/mol. The van der Waals surface area contributed by atoms with Gasteiger partial charge in [0.15, 0.2) is 0 Å². The van der Waals surface area contributed by atoms with Crippen LogP contribution in [0.4, 0.5) is 0 Å². The molecule has 0 aliphatic heterocycles. The van der Waals surface area contributed by atoms with Crippen LogP contribution in [0.25, 0.3) is 17.7 Å². The van der Waals surface area contributed by atoms with Crippen molar-refractivity contribution in [2.24, 2.45) is 0 Å². The molecule has 0 N–H and O–H groups in total. The van der Waals surface area contributed by atoms with Gasteiger partial charge in [0.05, 0.1) is 11.6 Å². The van der Waals surface area contributed by atoms with Crippen molar-refractivity contribution in [2.75, 3.05) is 0 Å². The van der Waals surface area contributed by atoms with Gasteiger partial charge < -0.3 is 4.74 Å². The Labute approximate surface area is 164 Å². The summed E-state index contributed by atoms with van der Waals surface area (Å²) >= 11 is 0. The molecule has 0 atom stereocenters. The van der Waals surface area contributed by atoms with E-state index in [0.717, 1.165) is 16.7 Å². The molecule has 0 saturated heterocycles. The summed E-state index contributed by atoms with van der Waals surface area (Å²) in [4.78, 5) is 12.0. The molecule has 0 saturated carbocycles. The van der Waals surface area contributed by atoms with Crippen molar-refractivity contribution in [3.63, 3.8) is 0 Å². The second-order valence-corrected chi connectivity index (χ2v) is 6.27. The van der Waals surface area contributed by atoms with E-state index in [-0.39, 0.29) is 0 Å². The van der Waals surface area contributed by atoms with Gasteiger partial charge in [0.2, 0.25) is 0 Å². The van der Waals surface area contributed by atoms with E-state index in [1.165, 1.54) is 11.6 Å². The average molecular weight is 365 g/mol. The number of esters is 1. The van der Waals surface area contributed by atoms with E-state index in [9.17, 15) is 10.1 Å². The fraction of sp³-hybridized carbons (Fsp3) is 0.0400. The number of hydrogen-bond donors (Lipinski definition) is 0. The van der Waals surface area contributed by atoms with Crippen molar-refractivity contribution < 1.29 is 9.53 Å². The molecule has 0 aliphatic rings. The molecule has 3 aromatic rings. The van der Waals surface area contributed by atoms with Crippen LogP contribution in [0.2, 0.25) is 0 Å². The molecular weight excluding hydrogens is 346 g/mol. The number of hydrogen-bond acceptors (Lipinski definition) is 3. The van der Waals surface area contributed by atoms with E-state index in [1.54, 1.807) is 24.3 Å². The van der Waals surface area contributed by atoms with Gasteiger partial charge in [-0.25, -0.2) is 4.79 Å². The Balaban J connectivity index is 1.65. The normalized spacial score (nSPS) is 11.2. The lowest BCUT2D eigenvalue weighted by molar-refractivity contribution is -0.128. The molecule has 0 spiro atoms. The first-order valence-electron chi connectivity index (χ1n) is 8.88. The number of benzene rings is 3. The molecule has 28 heavy (non-hydrogen) atoms. The minimum Gasteiger partial charge on any atom is -0.423 e. The van der Waals surface area contributed by atoms with Crippen LogP contribution in [0.15, 0.2) is 84.9 Å². The van der Waals surface area contributed by atoms with Crippen LogP contribution in [-0.4, -0.2) is 5.97 Å². The van der Waals surface area contributed by atoms with Crippen molar-refractivity contribution >= 4 is 23.7 Å². The minimum atomic E-state index is -0.439. The van der Waals surface area contributed by atoms with Crippen LogP contribution in [0.5, 0.6) is 5.75 Å². The van der Waals surface area contributed by atoms with Gasteiger partial charge in [0.1, 0.15) is 5.75 Å². The Morgan fingerprint density at radius 2 is 1.54 bits per heavy atom. The van der Waals surface area contributed by atoms with E-state index >= 15 is 0 Å². The summed E-state index contributed by atoms with van der Waals surface area (Å²) in [7, 11) is 0. The minimum absolute atomic E-state index is 0.439. The lowest BCUT2D eigenvalue weighted by Crippen LogP contribution is -2.03. The molecule has 136 valence electrons. The van der Waals surface area contributed by atoms with Gasteiger partial charge >= 0.3 is 5.97 Å². The van der Waals surface area contributed by atoms with Gasteiger partial charge in [-0.05, 0) is 47.9 Å². The van der Waals surface area contributed by atoms with E-state index in [2.05, 4.69) is 6.07 Å². The van der Waals surface area contributed by atoms with Crippen LogP contribution in [0.3, 0.4) is 0 Å². The molecule has 0 bridgehead atoms. The Hall–Kier alpha value is -3.90. The van der Waals surface area contributed by atoms with E-state index in [1.807, 2.05) is 73.7 Å². The highest BCUT2D eigenvalue weighted by atomic mass is 16.5. The highest BCUT2D eigenvalue weighted by Crippen LogP contribution is 2.19. The van der Waals surface area contributed by atoms with E-state index < -0.39 is 5.97 Å². The number of aryl methyl sites for hydroxylation is 1. The highest BCUT2D eigenvalue weighted by molar-refractivity contribution is 5.90. The van der Waals surface area contributed by atoms with Crippen molar-refractivity contribution in [3.8, 4) is 11.8 Å².